The van der Waals surface area contributed by atoms with Crippen LogP contribution < -0.4 is 10.6 Å². The molecule has 0 saturated carbocycles. The van der Waals surface area contributed by atoms with Gasteiger partial charge in [-0.1, -0.05) is 32.9 Å². The molecule has 0 fully saturated rings. The van der Waals surface area contributed by atoms with Crippen LogP contribution in [0.4, 0.5) is 4.79 Å². The van der Waals surface area contributed by atoms with Crippen molar-refractivity contribution in [1.29, 1.82) is 0 Å². The van der Waals surface area contributed by atoms with Gasteiger partial charge in [0.05, 0.1) is 6.42 Å². The number of rotatable bonds is 5. The number of carbonyl (C=O) groups is 2. The molecule has 5 nitrogen and oxygen atoms in total. The third-order valence-electron chi connectivity index (χ3n) is 2.96. The summed E-state index contributed by atoms with van der Waals surface area (Å²) in [6.45, 7) is 6.09. The summed E-state index contributed by atoms with van der Waals surface area (Å²) >= 11 is 0. The first-order valence-electron chi connectivity index (χ1n) is 6.70. The summed E-state index contributed by atoms with van der Waals surface area (Å²) in [6.07, 6.45) is 6.35. The molecule has 1 atom stereocenters. The molecule has 0 aliphatic heterocycles. The quantitative estimate of drug-likeness (QED) is 0.669. The molecule has 2 amide bonds. The van der Waals surface area contributed by atoms with E-state index in [2.05, 4.69) is 10.6 Å². The van der Waals surface area contributed by atoms with Crippen molar-refractivity contribution in [3.63, 3.8) is 0 Å². The molecule has 5 heteroatoms. The van der Waals surface area contributed by atoms with E-state index < -0.39 is 5.97 Å². The average molecular weight is 268 g/mol. The van der Waals surface area contributed by atoms with Crippen LogP contribution in [0.3, 0.4) is 0 Å². The van der Waals surface area contributed by atoms with Crippen LogP contribution in [0.2, 0.25) is 0 Å². The van der Waals surface area contributed by atoms with Gasteiger partial charge in [0.1, 0.15) is 0 Å². The van der Waals surface area contributed by atoms with Crippen LogP contribution in [0.1, 0.15) is 46.5 Å². The highest BCUT2D eigenvalue weighted by Gasteiger charge is 2.23. The maximum atomic E-state index is 11.8. The number of carboxylic acid groups (broad SMARTS) is 1. The molecule has 0 aromatic carbocycles. The van der Waals surface area contributed by atoms with E-state index in [1.165, 1.54) is 0 Å². The molecule has 1 rings (SSSR count). The van der Waals surface area contributed by atoms with Crippen LogP contribution in [0.25, 0.3) is 0 Å². The Morgan fingerprint density at radius 2 is 1.89 bits per heavy atom. The summed E-state index contributed by atoms with van der Waals surface area (Å²) in [7, 11) is 0. The molecule has 0 heterocycles. The molecule has 1 aliphatic rings. The fourth-order valence-corrected chi connectivity index (χ4v) is 2.27. The predicted octanol–water partition coefficient (Wildman–Crippen LogP) is 2.28. The van der Waals surface area contributed by atoms with Crippen LogP contribution >= 0.6 is 0 Å². The molecule has 1 aliphatic carbocycles. The van der Waals surface area contributed by atoms with E-state index in [1.54, 1.807) is 0 Å². The van der Waals surface area contributed by atoms with E-state index in [1.807, 2.05) is 32.9 Å². The molecule has 0 spiro atoms. The van der Waals surface area contributed by atoms with Gasteiger partial charge < -0.3 is 15.7 Å². The van der Waals surface area contributed by atoms with Gasteiger partial charge in [-0.05, 0) is 24.7 Å². The number of nitrogens with one attached hydrogen (secondary N) is 2. The summed E-state index contributed by atoms with van der Waals surface area (Å²) in [5, 5.41) is 14.5. The van der Waals surface area contributed by atoms with Crippen LogP contribution in [-0.4, -0.2) is 29.2 Å². The van der Waals surface area contributed by atoms with Gasteiger partial charge in [-0.3, -0.25) is 4.79 Å². The second kappa shape index (κ2) is 6.59. The Balaban J connectivity index is 2.45. The van der Waals surface area contributed by atoms with Crippen molar-refractivity contribution in [3.8, 4) is 0 Å². The van der Waals surface area contributed by atoms with Gasteiger partial charge in [-0.25, -0.2) is 4.79 Å². The molecule has 108 valence electrons. The molecular formula is C14H24N2O3. The zero-order chi connectivity index (χ0) is 14.5. The molecule has 0 aromatic heterocycles. The lowest BCUT2D eigenvalue weighted by Gasteiger charge is -2.26. The van der Waals surface area contributed by atoms with Crippen LogP contribution in [0.15, 0.2) is 12.2 Å². The Kier molecular flexibility index (Phi) is 5.39. The third kappa shape index (κ3) is 6.84. The first kappa shape index (κ1) is 15.5. The van der Waals surface area contributed by atoms with E-state index in [0.717, 1.165) is 12.8 Å². The van der Waals surface area contributed by atoms with Crippen molar-refractivity contribution in [2.75, 3.05) is 0 Å². The third-order valence-corrected chi connectivity index (χ3v) is 2.96. The van der Waals surface area contributed by atoms with Crippen molar-refractivity contribution in [3.05, 3.63) is 12.2 Å². The van der Waals surface area contributed by atoms with Crippen LogP contribution in [0.5, 0.6) is 0 Å². The highest BCUT2D eigenvalue weighted by atomic mass is 16.4. The molecule has 3 N–H and O–H groups in total. The highest BCUT2D eigenvalue weighted by Crippen LogP contribution is 2.22. The lowest BCUT2D eigenvalue weighted by molar-refractivity contribution is -0.137. The largest absolute Gasteiger partial charge is 0.481 e. The fourth-order valence-electron chi connectivity index (χ4n) is 2.27. The van der Waals surface area contributed by atoms with Gasteiger partial charge in [0.2, 0.25) is 0 Å². The average Bonchev–Trinajstić information content (AvgIpc) is 2.65. The first-order chi connectivity index (χ1) is 8.76. The maximum Gasteiger partial charge on any atom is 0.315 e. The summed E-state index contributed by atoms with van der Waals surface area (Å²) in [5.74, 6) is -0.892. The Morgan fingerprint density at radius 3 is 2.37 bits per heavy atom. The summed E-state index contributed by atoms with van der Waals surface area (Å²) < 4.78 is 0. The Bertz CT molecular complexity index is 350. The number of carboxylic acids is 1. The van der Waals surface area contributed by atoms with E-state index >= 15 is 0 Å². The summed E-state index contributed by atoms with van der Waals surface area (Å²) in [5.41, 5.74) is -0.0255. The number of hydrogen-bond donors (Lipinski definition) is 3. The smallest absolute Gasteiger partial charge is 0.315 e. The molecule has 0 aromatic rings. The molecule has 0 saturated heterocycles. The topological polar surface area (TPSA) is 78.4 Å². The van der Waals surface area contributed by atoms with Crippen molar-refractivity contribution in [2.24, 2.45) is 5.41 Å². The van der Waals surface area contributed by atoms with E-state index in [-0.39, 0.29) is 30.0 Å². The van der Waals surface area contributed by atoms with Crippen LogP contribution in [-0.2, 0) is 4.79 Å². The maximum absolute atomic E-state index is 11.8. The van der Waals surface area contributed by atoms with Gasteiger partial charge in [0.25, 0.3) is 0 Å². The minimum Gasteiger partial charge on any atom is -0.481 e. The zero-order valence-corrected chi connectivity index (χ0v) is 11.9. The Labute approximate surface area is 114 Å². The fraction of sp³-hybridized carbons (Fsp3) is 0.714. The number of carbonyl (C=O) groups excluding carboxylic acids is 1. The van der Waals surface area contributed by atoms with E-state index in [0.29, 0.717) is 6.42 Å². The van der Waals surface area contributed by atoms with Gasteiger partial charge in [-0.2, -0.15) is 0 Å². The summed E-state index contributed by atoms with van der Waals surface area (Å²) in [6, 6.07) is -0.476. The predicted molar refractivity (Wildman–Crippen MR) is 73.9 cm³/mol. The second-order valence-corrected chi connectivity index (χ2v) is 6.32. The molecule has 0 bridgehead atoms. The molecular weight excluding hydrogens is 244 g/mol. The normalized spacial score (nSPS) is 17.2. The first-order valence-corrected chi connectivity index (χ1v) is 6.70. The van der Waals surface area contributed by atoms with Gasteiger partial charge in [-0.15, -0.1) is 0 Å². The van der Waals surface area contributed by atoms with Crippen LogP contribution in [0, 0.1) is 5.41 Å². The lowest BCUT2D eigenvalue weighted by Crippen LogP contribution is -2.47. The van der Waals surface area contributed by atoms with Gasteiger partial charge in [0.15, 0.2) is 0 Å². The van der Waals surface area contributed by atoms with Gasteiger partial charge >= 0.3 is 12.0 Å². The molecule has 19 heavy (non-hydrogen) atoms. The van der Waals surface area contributed by atoms with Gasteiger partial charge in [0, 0.05) is 12.1 Å². The Morgan fingerprint density at radius 1 is 1.32 bits per heavy atom. The van der Waals surface area contributed by atoms with Crippen molar-refractivity contribution in [2.45, 2.75) is 58.5 Å². The zero-order valence-electron chi connectivity index (χ0n) is 11.9. The van der Waals surface area contributed by atoms with Crippen molar-refractivity contribution in [1.82, 2.24) is 10.6 Å². The minimum atomic E-state index is -0.892. The SMILES string of the molecule is CC(C)(C)CC(CC(=O)O)NC(=O)NC1CC=CC1. The second-order valence-electron chi connectivity index (χ2n) is 6.32. The Hall–Kier alpha value is -1.52. The minimum absolute atomic E-state index is 0.0255. The lowest BCUT2D eigenvalue weighted by atomic mass is 9.87. The van der Waals surface area contributed by atoms with E-state index in [9.17, 15) is 9.59 Å². The highest BCUT2D eigenvalue weighted by molar-refractivity contribution is 5.76. The van der Waals surface area contributed by atoms with Crippen molar-refractivity contribution >= 4 is 12.0 Å². The molecule has 0 radical (unpaired) electrons. The van der Waals surface area contributed by atoms with E-state index in [4.69, 9.17) is 5.11 Å². The monoisotopic (exact) mass is 268 g/mol. The standard InChI is InChI=1S/C14H24N2O3/c1-14(2,3)9-11(8-12(17)18)16-13(19)15-10-6-4-5-7-10/h4-5,10-11H,6-9H2,1-3H3,(H,17,18)(H2,15,16,19). The number of amides is 2. The molecule has 1 unspecified atom stereocenters. The number of aliphatic carboxylic acids is 1. The number of urea groups is 1. The summed E-state index contributed by atoms with van der Waals surface area (Å²) in [4.78, 5) is 22.7. The van der Waals surface area contributed by atoms with Crippen molar-refractivity contribution < 1.29 is 14.7 Å². The number of hydrogen-bond acceptors (Lipinski definition) is 2.